The highest BCUT2D eigenvalue weighted by atomic mass is 32.2. The first-order valence-electron chi connectivity index (χ1n) is 9.83. The quantitative estimate of drug-likeness (QED) is 0.644. The van der Waals surface area contributed by atoms with Crippen LogP contribution in [0.15, 0.2) is 29.4 Å². The molecule has 0 aliphatic carbocycles. The van der Waals surface area contributed by atoms with Gasteiger partial charge in [-0.3, -0.25) is 9.36 Å². The van der Waals surface area contributed by atoms with Gasteiger partial charge < -0.3 is 10.1 Å². The molecule has 1 amide bonds. The zero-order valence-corrected chi connectivity index (χ0v) is 17.2. The summed E-state index contributed by atoms with van der Waals surface area (Å²) in [5, 5.41) is 12.3. The molecule has 0 unspecified atom stereocenters. The third kappa shape index (κ3) is 5.32. The van der Waals surface area contributed by atoms with Crippen LogP contribution in [0.5, 0.6) is 0 Å². The molecule has 0 radical (unpaired) electrons. The zero-order chi connectivity index (χ0) is 19.9. The largest absolute Gasteiger partial charge is 0.376 e. The highest BCUT2D eigenvalue weighted by molar-refractivity contribution is 7.99. The monoisotopic (exact) mass is 406 g/mol. The molecule has 1 saturated heterocycles. The number of amides is 1. The second-order valence-corrected chi connectivity index (χ2v) is 7.87. The lowest BCUT2D eigenvalue weighted by Gasteiger charge is -2.16. The summed E-state index contributed by atoms with van der Waals surface area (Å²) < 4.78 is 21.1. The highest BCUT2D eigenvalue weighted by Gasteiger charge is 2.22. The average Bonchev–Trinajstić information content (AvgIpc) is 3.36. The lowest BCUT2D eigenvalue weighted by molar-refractivity contribution is -0.119. The predicted molar refractivity (Wildman–Crippen MR) is 108 cm³/mol. The van der Waals surface area contributed by atoms with Crippen molar-refractivity contribution in [2.24, 2.45) is 0 Å². The van der Waals surface area contributed by atoms with E-state index in [0.717, 1.165) is 37.9 Å². The Labute approximate surface area is 169 Å². The maximum Gasteiger partial charge on any atom is 0.230 e. The number of rotatable bonds is 9. The summed E-state index contributed by atoms with van der Waals surface area (Å²) in [5.41, 5.74) is 0.792. The van der Waals surface area contributed by atoms with E-state index in [1.54, 1.807) is 12.1 Å². The Hall–Kier alpha value is -1.93. The Morgan fingerprint density at radius 1 is 1.32 bits per heavy atom. The molecule has 6 nitrogen and oxygen atoms in total. The van der Waals surface area contributed by atoms with Crippen LogP contribution >= 0.6 is 11.8 Å². The van der Waals surface area contributed by atoms with Crippen molar-refractivity contribution in [2.45, 2.75) is 63.4 Å². The van der Waals surface area contributed by atoms with Gasteiger partial charge in [-0.1, -0.05) is 25.6 Å². The normalized spacial score (nSPS) is 16.6. The molecule has 2 aromatic rings. The number of hydrogen-bond donors (Lipinski definition) is 1. The molecule has 28 heavy (non-hydrogen) atoms. The van der Waals surface area contributed by atoms with Crippen LogP contribution in [0.2, 0.25) is 0 Å². The van der Waals surface area contributed by atoms with Gasteiger partial charge in [0.05, 0.1) is 18.4 Å². The van der Waals surface area contributed by atoms with E-state index in [4.69, 9.17) is 4.74 Å². The predicted octanol–water partition coefficient (Wildman–Crippen LogP) is 3.66. The Bertz CT molecular complexity index is 771. The minimum Gasteiger partial charge on any atom is -0.376 e. The Morgan fingerprint density at radius 2 is 2.07 bits per heavy atom. The van der Waals surface area contributed by atoms with Gasteiger partial charge in [0.1, 0.15) is 5.82 Å². The Balaban J connectivity index is 1.76. The molecule has 2 heterocycles. The van der Waals surface area contributed by atoms with Gasteiger partial charge in [0.25, 0.3) is 0 Å². The van der Waals surface area contributed by atoms with Crippen LogP contribution < -0.4 is 5.32 Å². The van der Waals surface area contributed by atoms with E-state index in [1.807, 2.05) is 4.57 Å². The van der Waals surface area contributed by atoms with Gasteiger partial charge in [-0.15, -0.1) is 10.2 Å². The van der Waals surface area contributed by atoms with Crippen LogP contribution in [0.3, 0.4) is 0 Å². The smallest absolute Gasteiger partial charge is 0.230 e. The molecule has 1 atom stereocenters. The molecule has 0 spiro atoms. The van der Waals surface area contributed by atoms with Crippen LogP contribution in [0.1, 0.15) is 39.5 Å². The molecule has 152 valence electrons. The summed E-state index contributed by atoms with van der Waals surface area (Å²) in [7, 11) is 0. The fourth-order valence-electron chi connectivity index (χ4n) is 3.26. The van der Waals surface area contributed by atoms with Crippen molar-refractivity contribution in [2.75, 3.05) is 12.4 Å². The summed E-state index contributed by atoms with van der Waals surface area (Å²) >= 11 is 1.37. The SMILES string of the molecule is CCC(CC)NC(=O)CSc1nnc(-c2ccc(F)cc2)n1C[C@@H]1CCCO1. The van der Waals surface area contributed by atoms with E-state index < -0.39 is 0 Å². The van der Waals surface area contributed by atoms with Gasteiger partial charge in [-0.05, 0) is 49.9 Å². The highest BCUT2D eigenvalue weighted by Crippen LogP contribution is 2.26. The zero-order valence-electron chi connectivity index (χ0n) is 16.4. The van der Waals surface area contributed by atoms with Crippen LogP contribution in [-0.2, 0) is 16.1 Å². The van der Waals surface area contributed by atoms with Crippen molar-refractivity contribution >= 4 is 17.7 Å². The summed E-state index contributed by atoms with van der Waals surface area (Å²) in [4.78, 5) is 12.3. The van der Waals surface area contributed by atoms with Crippen LogP contribution in [0.25, 0.3) is 11.4 Å². The van der Waals surface area contributed by atoms with Crippen molar-refractivity contribution in [3.05, 3.63) is 30.1 Å². The molecule has 1 aliphatic heterocycles. The average molecular weight is 407 g/mol. The molecule has 0 bridgehead atoms. The summed E-state index contributed by atoms with van der Waals surface area (Å²) in [6.07, 6.45) is 3.96. The Morgan fingerprint density at radius 3 is 2.71 bits per heavy atom. The molecule has 3 rings (SSSR count). The number of aromatic nitrogens is 3. The van der Waals surface area contributed by atoms with Gasteiger partial charge >= 0.3 is 0 Å². The molecule has 1 N–H and O–H groups in total. The first-order valence-corrected chi connectivity index (χ1v) is 10.8. The van der Waals surface area contributed by atoms with Crippen LogP contribution in [0.4, 0.5) is 4.39 Å². The minimum atomic E-state index is -0.290. The molecular weight excluding hydrogens is 379 g/mol. The number of thioether (sulfide) groups is 1. The lowest BCUT2D eigenvalue weighted by Crippen LogP contribution is -2.35. The molecular formula is C20H27FN4O2S. The molecule has 1 aromatic carbocycles. The molecule has 1 aromatic heterocycles. The third-order valence-electron chi connectivity index (χ3n) is 4.91. The van der Waals surface area contributed by atoms with Gasteiger partial charge in [-0.2, -0.15) is 0 Å². The summed E-state index contributed by atoms with van der Waals surface area (Å²) in [6, 6.07) is 6.42. The first kappa shape index (κ1) is 20.8. The van der Waals surface area contributed by atoms with E-state index in [1.165, 1.54) is 23.9 Å². The van der Waals surface area contributed by atoms with E-state index in [9.17, 15) is 9.18 Å². The summed E-state index contributed by atoms with van der Waals surface area (Å²) in [5.74, 6) is 0.651. The lowest BCUT2D eigenvalue weighted by atomic mass is 10.2. The Kier molecular flexibility index (Phi) is 7.44. The number of carbonyl (C=O) groups excluding carboxylic acids is 1. The number of ether oxygens (including phenoxy) is 1. The van der Waals surface area contributed by atoms with Gasteiger partial charge in [0.15, 0.2) is 11.0 Å². The standard InChI is InChI=1S/C20H27FN4O2S/c1-3-16(4-2)22-18(26)13-28-20-24-23-19(14-7-9-15(21)10-8-14)25(20)12-17-6-5-11-27-17/h7-10,16-17H,3-6,11-13H2,1-2H3,(H,22,26)/t17-/m0/s1. The van der Waals surface area contributed by atoms with Crippen molar-refractivity contribution in [3.63, 3.8) is 0 Å². The number of carbonyl (C=O) groups is 1. The van der Waals surface area contributed by atoms with E-state index in [-0.39, 0.29) is 29.6 Å². The molecule has 1 fully saturated rings. The van der Waals surface area contributed by atoms with Gasteiger partial charge in [-0.25, -0.2) is 4.39 Å². The van der Waals surface area contributed by atoms with Crippen molar-refractivity contribution < 1.29 is 13.9 Å². The molecule has 0 saturated carbocycles. The maximum atomic E-state index is 13.3. The molecule has 1 aliphatic rings. The second-order valence-electron chi connectivity index (χ2n) is 6.93. The maximum absolute atomic E-state index is 13.3. The minimum absolute atomic E-state index is 0.00583. The third-order valence-corrected chi connectivity index (χ3v) is 5.88. The van der Waals surface area contributed by atoms with Gasteiger partial charge in [0.2, 0.25) is 5.91 Å². The number of halogens is 1. The fourth-order valence-corrected chi connectivity index (χ4v) is 4.02. The van der Waals surface area contributed by atoms with E-state index >= 15 is 0 Å². The number of nitrogens with one attached hydrogen (secondary N) is 1. The van der Waals surface area contributed by atoms with Crippen molar-refractivity contribution in [1.29, 1.82) is 0 Å². The molecule has 8 heteroatoms. The van der Waals surface area contributed by atoms with Crippen LogP contribution in [-0.4, -0.2) is 45.2 Å². The van der Waals surface area contributed by atoms with Gasteiger partial charge in [0, 0.05) is 18.2 Å². The van der Waals surface area contributed by atoms with E-state index in [0.29, 0.717) is 17.5 Å². The number of hydrogen-bond acceptors (Lipinski definition) is 5. The first-order chi connectivity index (χ1) is 13.6. The second kappa shape index (κ2) is 10.0. The fraction of sp³-hybridized carbons (Fsp3) is 0.550. The van der Waals surface area contributed by atoms with Crippen molar-refractivity contribution in [1.82, 2.24) is 20.1 Å². The topological polar surface area (TPSA) is 69.0 Å². The van der Waals surface area contributed by atoms with E-state index in [2.05, 4.69) is 29.4 Å². The summed E-state index contributed by atoms with van der Waals surface area (Å²) in [6.45, 7) is 5.51. The number of benzene rings is 1. The number of nitrogens with zero attached hydrogens (tertiary/aromatic N) is 3. The van der Waals surface area contributed by atoms with Crippen molar-refractivity contribution in [3.8, 4) is 11.4 Å². The van der Waals surface area contributed by atoms with Crippen LogP contribution in [0, 0.1) is 5.82 Å².